The van der Waals surface area contributed by atoms with Gasteiger partial charge >= 0.3 is 0 Å². The van der Waals surface area contributed by atoms with Gasteiger partial charge in [-0.05, 0) is 17.7 Å². The summed E-state index contributed by atoms with van der Waals surface area (Å²) >= 11 is 0. The molecule has 0 radical (unpaired) electrons. The number of hydrogen-bond acceptors (Lipinski definition) is 2. The monoisotopic (exact) mass is 288 g/mol. The van der Waals surface area contributed by atoms with Crippen LogP contribution in [0.15, 0.2) is 48.7 Å². The third kappa shape index (κ3) is 2.67. The van der Waals surface area contributed by atoms with Crippen LogP contribution in [0.1, 0.15) is 5.56 Å². The fourth-order valence-corrected chi connectivity index (χ4v) is 2.18. The SMILES string of the molecule is Fc1cc(F)c(F)c(NCc2ccnc3ccccc23)c1. The number of halogens is 3. The average molecular weight is 288 g/mol. The molecule has 0 spiro atoms. The minimum absolute atomic E-state index is 0.201. The summed E-state index contributed by atoms with van der Waals surface area (Å²) < 4.78 is 39.9. The van der Waals surface area contributed by atoms with E-state index in [4.69, 9.17) is 0 Å². The zero-order valence-corrected chi connectivity index (χ0v) is 10.9. The Labute approximate surface area is 119 Å². The molecular formula is C16H11F3N2. The zero-order valence-electron chi connectivity index (χ0n) is 10.9. The molecular weight excluding hydrogens is 277 g/mol. The van der Waals surface area contributed by atoms with Crippen molar-refractivity contribution in [1.82, 2.24) is 4.98 Å². The topological polar surface area (TPSA) is 24.9 Å². The molecule has 5 heteroatoms. The Bertz CT molecular complexity index is 797. The van der Waals surface area contributed by atoms with Crippen molar-refractivity contribution in [3.63, 3.8) is 0 Å². The second-order valence-electron chi connectivity index (χ2n) is 4.59. The Hall–Kier alpha value is -2.56. The van der Waals surface area contributed by atoms with Crippen LogP contribution in [0.4, 0.5) is 18.9 Å². The largest absolute Gasteiger partial charge is 0.378 e. The molecule has 1 N–H and O–H groups in total. The first kappa shape index (κ1) is 13.4. The summed E-state index contributed by atoms with van der Waals surface area (Å²) in [6, 6.07) is 10.7. The molecule has 0 saturated carbocycles. The summed E-state index contributed by atoms with van der Waals surface area (Å²) in [7, 11) is 0. The van der Waals surface area contributed by atoms with E-state index in [0.29, 0.717) is 6.07 Å². The van der Waals surface area contributed by atoms with Crippen molar-refractivity contribution < 1.29 is 13.2 Å². The minimum atomic E-state index is -1.21. The molecule has 0 amide bonds. The van der Waals surface area contributed by atoms with Gasteiger partial charge < -0.3 is 5.32 Å². The molecule has 0 aliphatic carbocycles. The fourth-order valence-electron chi connectivity index (χ4n) is 2.18. The molecule has 0 bridgehead atoms. The standard InChI is InChI=1S/C16H11F3N2/c17-11-7-13(18)16(19)15(8-11)21-9-10-5-6-20-14-4-2-1-3-12(10)14/h1-8,21H,9H2. The molecule has 21 heavy (non-hydrogen) atoms. The fraction of sp³-hybridized carbons (Fsp3) is 0.0625. The van der Waals surface area contributed by atoms with E-state index in [9.17, 15) is 13.2 Å². The van der Waals surface area contributed by atoms with Crippen molar-refractivity contribution >= 4 is 16.6 Å². The maximum atomic E-state index is 13.6. The number of anilines is 1. The van der Waals surface area contributed by atoms with Gasteiger partial charge in [-0.25, -0.2) is 13.2 Å². The van der Waals surface area contributed by atoms with Gasteiger partial charge in [-0.3, -0.25) is 4.98 Å². The van der Waals surface area contributed by atoms with Gasteiger partial charge in [0, 0.05) is 30.3 Å². The van der Waals surface area contributed by atoms with E-state index in [2.05, 4.69) is 10.3 Å². The van der Waals surface area contributed by atoms with Crippen LogP contribution in [0, 0.1) is 17.5 Å². The molecule has 2 nitrogen and oxygen atoms in total. The van der Waals surface area contributed by atoms with Gasteiger partial charge in [-0.15, -0.1) is 0 Å². The number of hydrogen-bond donors (Lipinski definition) is 1. The minimum Gasteiger partial charge on any atom is -0.378 e. The Morgan fingerprint density at radius 3 is 2.67 bits per heavy atom. The van der Waals surface area contributed by atoms with Crippen molar-refractivity contribution in [2.24, 2.45) is 0 Å². The van der Waals surface area contributed by atoms with Gasteiger partial charge in [0.25, 0.3) is 0 Å². The molecule has 0 atom stereocenters. The highest BCUT2D eigenvalue weighted by Gasteiger charge is 2.11. The number of benzene rings is 2. The first-order valence-corrected chi connectivity index (χ1v) is 6.36. The number of nitrogens with zero attached hydrogens (tertiary/aromatic N) is 1. The van der Waals surface area contributed by atoms with E-state index in [0.717, 1.165) is 22.5 Å². The van der Waals surface area contributed by atoms with E-state index < -0.39 is 17.5 Å². The zero-order chi connectivity index (χ0) is 14.8. The highest BCUT2D eigenvalue weighted by molar-refractivity contribution is 5.82. The quantitative estimate of drug-likeness (QED) is 0.728. The normalized spacial score (nSPS) is 10.8. The third-order valence-electron chi connectivity index (χ3n) is 3.20. The predicted molar refractivity (Wildman–Crippen MR) is 75.4 cm³/mol. The second kappa shape index (κ2) is 5.44. The first-order chi connectivity index (χ1) is 10.1. The molecule has 0 fully saturated rings. The molecule has 1 heterocycles. The molecule has 1 aromatic heterocycles. The Kier molecular flexibility index (Phi) is 3.48. The van der Waals surface area contributed by atoms with E-state index in [-0.39, 0.29) is 12.2 Å². The van der Waals surface area contributed by atoms with Crippen LogP contribution in [0.2, 0.25) is 0 Å². The summed E-state index contributed by atoms with van der Waals surface area (Å²) in [5.41, 5.74) is 1.47. The van der Waals surface area contributed by atoms with Crippen LogP contribution < -0.4 is 5.32 Å². The second-order valence-corrected chi connectivity index (χ2v) is 4.59. The van der Waals surface area contributed by atoms with Gasteiger partial charge in [-0.1, -0.05) is 18.2 Å². The predicted octanol–water partition coefficient (Wildman–Crippen LogP) is 4.26. The van der Waals surface area contributed by atoms with Crippen LogP contribution >= 0.6 is 0 Å². The highest BCUT2D eigenvalue weighted by Crippen LogP contribution is 2.22. The molecule has 0 unspecified atom stereocenters. The number of aromatic nitrogens is 1. The number of nitrogens with one attached hydrogen (secondary N) is 1. The summed E-state index contributed by atoms with van der Waals surface area (Å²) in [6.07, 6.45) is 1.64. The molecule has 0 saturated heterocycles. The molecule has 0 aliphatic rings. The van der Waals surface area contributed by atoms with E-state index in [1.165, 1.54) is 0 Å². The Morgan fingerprint density at radius 2 is 1.81 bits per heavy atom. The van der Waals surface area contributed by atoms with Gasteiger partial charge in [0.1, 0.15) is 5.82 Å². The lowest BCUT2D eigenvalue weighted by molar-refractivity contribution is 0.497. The van der Waals surface area contributed by atoms with Crippen LogP contribution in [0.3, 0.4) is 0 Å². The average Bonchev–Trinajstić information content (AvgIpc) is 2.49. The van der Waals surface area contributed by atoms with Crippen molar-refractivity contribution in [2.45, 2.75) is 6.54 Å². The van der Waals surface area contributed by atoms with Gasteiger partial charge in [-0.2, -0.15) is 0 Å². The lowest BCUT2D eigenvalue weighted by Gasteiger charge is -2.10. The summed E-state index contributed by atoms with van der Waals surface area (Å²) in [4.78, 5) is 4.22. The van der Waals surface area contributed by atoms with E-state index >= 15 is 0 Å². The molecule has 3 aromatic rings. The highest BCUT2D eigenvalue weighted by atomic mass is 19.2. The smallest absolute Gasteiger partial charge is 0.182 e. The number of pyridine rings is 1. The van der Waals surface area contributed by atoms with Gasteiger partial charge in [0.15, 0.2) is 11.6 Å². The van der Waals surface area contributed by atoms with Gasteiger partial charge in [0.05, 0.1) is 11.2 Å². The van der Waals surface area contributed by atoms with E-state index in [1.54, 1.807) is 12.3 Å². The molecule has 0 aliphatic heterocycles. The molecule has 106 valence electrons. The van der Waals surface area contributed by atoms with Crippen LogP contribution in [0.5, 0.6) is 0 Å². The van der Waals surface area contributed by atoms with Crippen molar-refractivity contribution in [2.75, 3.05) is 5.32 Å². The maximum Gasteiger partial charge on any atom is 0.182 e. The first-order valence-electron chi connectivity index (χ1n) is 6.36. The lowest BCUT2D eigenvalue weighted by Crippen LogP contribution is -2.04. The summed E-state index contributed by atoms with van der Waals surface area (Å²) in [6.45, 7) is 0.239. The number of fused-ring (bicyclic) bond motifs is 1. The van der Waals surface area contributed by atoms with Gasteiger partial charge in [0.2, 0.25) is 0 Å². The molecule has 3 rings (SSSR count). The molecule has 2 aromatic carbocycles. The Balaban J connectivity index is 1.91. The maximum absolute atomic E-state index is 13.6. The summed E-state index contributed by atoms with van der Waals surface area (Å²) in [5, 5.41) is 3.63. The lowest BCUT2D eigenvalue weighted by atomic mass is 10.1. The van der Waals surface area contributed by atoms with E-state index in [1.807, 2.05) is 24.3 Å². The Morgan fingerprint density at radius 1 is 1.00 bits per heavy atom. The third-order valence-corrected chi connectivity index (χ3v) is 3.20. The number of para-hydroxylation sites is 1. The number of rotatable bonds is 3. The van der Waals surface area contributed by atoms with Crippen molar-refractivity contribution in [1.29, 1.82) is 0 Å². The summed E-state index contributed by atoms with van der Waals surface area (Å²) in [5.74, 6) is -3.12. The van der Waals surface area contributed by atoms with Crippen LogP contribution in [0.25, 0.3) is 10.9 Å². The van der Waals surface area contributed by atoms with Crippen LogP contribution in [-0.2, 0) is 6.54 Å². The van der Waals surface area contributed by atoms with Crippen LogP contribution in [-0.4, -0.2) is 4.98 Å². The van der Waals surface area contributed by atoms with Crippen molar-refractivity contribution in [3.05, 3.63) is 71.7 Å². The van der Waals surface area contributed by atoms with Crippen molar-refractivity contribution in [3.8, 4) is 0 Å².